The third kappa shape index (κ3) is 3.21. The van der Waals surface area contributed by atoms with Gasteiger partial charge in [0, 0.05) is 12.6 Å². The van der Waals surface area contributed by atoms with Crippen LogP contribution in [0.1, 0.15) is 30.4 Å². The first-order valence-electron chi connectivity index (χ1n) is 7.58. The molecule has 2 N–H and O–H groups in total. The molecule has 1 atom stereocenters. The highest BCUT2D eigenvalue weighted by molar-refractivity contribution is 5.82. The Morgan fingerprint density at radius 2 is 2.05 bits per heavy atom. The van der Waals surface area contributed by atoms with E-state index in [-0.39, 0.29) is 24.3 Å². The van der Waals surface area contributed by atoms with Crippen LogP contribution in [-0.4, -0.2) is 34.6 Å². The van der Waals surface area contributed by atoms with E-state index >= 15 is 0 Å². The van der Waals surface area contributed by atoms with Crippen molar-refractivity contribution in [3.05, 3.63) is 35.1 Å². The van der Waals surface area contributed by atoms with Gasteiger partial charge in [-0.3, -0.25) is 4.79 Å². The maximum Gasteiger partial charge on any atom is 0.405 e. The first-order chi connectivity index (χ1) is 10.5. The van der Waals surface area contributed by atoms with Gasteiger partial charge in [0.1, 0.15) is 12.4 Å². The van der Waals surface area contributed by atoms with Crippen molar-refractivity contribution in [1.29, 1.82) is 0 Å². The van der Waals surface area contributed by atoms with Crippen molar-refractivity contribution in [1.82, 2.24) is 10.2 Å². The molecular weight excluding hydrogens is 287 g/mol. The number of rotatable bonds is 3. The van der Waals surface area contributed by atoms with Crippen LogP contribution in [0.5, 0.6) is 0 Å². The number of aryl methyl sites for hydroxylation is 1. The highest BCUT2D eigenvalue weighted by Gasteiger charge is 2.38. The van der Waals surface area contributed by atoms with Crippen molar-refractivity contribution >= 4 is 12.0 Å². The second-order valence-corrected chi connectivity index (χ2v) is 6.04. The SMILES string of the molecule is O=C(O)NCC(=O)N1Cc2ccc(F)cc2CC[C@H]1C1CC1. The molecule has 0 unspecified atom stereocenters. The van der Waals surface area contributed by atoms with Crippen LogP contribution in [0.25, 0.3) is 0 Å². The molecule has 1 aliphatic heterocycles. The number of benzene rings is 1. The summed E-state index contributed by atoms with van der Waals surface area (Å²) in [5.41, 5.74) is 1.90. The number of carbonyl (C=O) groups excluding carboxylic acids is 1. The van der Waals surface area contributed by atoms with Crippen LogP contribution in [0, 0.1) is 11.7 Å². The summed E-state index contributed by atoms with van der Waals surface area (Å²) in [6, 6.07) is 4.81. The summed E-state index contributed by atoms with van der Waals surface area (Å²) in [5.74, 6) is 0.0263. The Balaban J connectivity index is 1.81. The lowest BCUT2D eigenvalue weighted by Crippen LogP contribution is -2.45. The zero-order chi connectivity index (χ0) is 15.7. The van der Waals surface area contributed by atoms with Gasteiger partial charge < -0.3 is 15.3 Å². The molecule has 0 aromatic heterocycles. The molecule has 1 aromatic carbocycles. The van der Waals surface area contributed by atoms with E-state index in [4.69, 9.17) is 5.11 Å². The van der Waals surface area contributed by atoms with Crippen LogP contribution in [0.2, 0.25) is 0 Å². The maximum absolute atomic E-state index is 13.4. The van der Waals surface area contributed by atoms with Gasteiger partial charge in [-0.2, -0.15) is 0 Å². The lowest BCUT2D eigenvalue weighted by molar-refractivity contribution is -0.133. The Kier molecular flexibility index (Phi) is 4.00. The molecule has 0 saturated heterocycles. The van der Waals surface area contributed by atoms with E-state index in [0.717, 1.165) is 36.8 Å². The fourth-order valence-electron chi connectivity index (χ4n) is 3.24. The normalized spacial score (nSPS) is 21.0. The number of nitrogens with one attached hydrogen (secondary N) is 1. The van der Waals surface area contributed by atoms with E-state index in [1.807, 2.05) is 0 Å². The lowest BCUT2D eigenvalue weighted by Gasteiger charge is -2.30. The molecule has 118 valence electrons. The molecule has 1 saturated carbocycles. The topological polar surface area (TPSA) is 69.6 Å². The standard InChI is InChI=1S/C16H19FN2O3/c17-13-5-3-12-9-19(15(20)8-18-16(21)22)14(10-1-2-10)6-4-11(12)7-13/h3,5,7,10,14,18H,1-2,4,6,8-9H2,(H,21,22)/t14-/m0/s1. The number of fused-ring (bicyclic) bond motifs is 1. The number of nitrogens with zero attached hydrogens (tertiary/aromatic N) is 1. The van der Waals surface area contributed by atoms with Crippen molar-refractivity contribution < 1.29 is 19.1 Å². The van der Waals surface area contributed by atoms with Crippen molar-refractivity contribution in [3.8, 4) is 0 Å². The Hall–Kier alpha value is -2.11. The molecule has 2 aliphatic rings. The van der Waals surface area contributed by atoms with Gasteiger partial charge in [-0.25, -0.2) is 9.18 Å². The minimum atomic E-state index is -1.20. The zero-order valence-corrected chi connectivity index (χ0v) is 12.2. The first-order valence-corrected chi connectivity index (χ1v) is 7.58. The largest absolute Gasteiger partial charge is 0.465 e. The fourth-order valence-corrected chi connectivity index (χ4v) is 3.24. The number of amides is 2. The van der Waals surface area contributed by atoms with Gasteiger partial charge in [0.15, 0.2) is 0 Å². The van der Waals surface area contributed by atoms with Crippen LogP contribution < -0.4 is 5.32 Å². The number of carboxylic acid groups (broad SMARTS) is 1. The second-order valence-electron chi connectivity index (χ2n) is 6.04. The van der Waals surface area contributed by atoms with Gasteiger partial charge in [-0.1, -0.05) is 6.07 Å². The highest BCUT2D eigenvalue weighted by Crippen LogP contribution is 2.39. The van der Waals surface area contributed by atoms with E-state index < -0.39 is 6.09 Å². The predicted molar refractivity (Wildman–Crippen MR) is 77.8 cm³/mol. The minimum Gasteiger partial charge on any atom is -0.465 e. The third-order valence-corrected chi connectivity index (χ3v) is 4.50. The lowest BCUT2D eigenvalue weighted by atomic mass is 10.0. The van der Waals surface area contributed by atoms with E-state index in [0.29, 0.717) is 12.5 Å². The van der Waals surface area contributed by atoms with Crippen molar-refractivity contribution in [2.75, 3.05) is 6.54 Å². The molecular formula is C16H19FN2O3. The van der Waals surface area contributed by atoms with Crippen LogP contribution >= 0.6 is 0 Å². The third-order valence-electron chi connectivity index (χ3n) is 4.50. The number of carbonyl (C=O) groups is 2. The van der Waals surface area contributed by atoms with Gasteiger partial charge in [0.05, 0.1) is 0 Å². The molecule has 1 heterocycles. The smallest absolute Gasteiger partial charge is 0.405 e. The Bertz CT molecular complexity index is 601. The molecule has 22 heavy (non-hydrogen) atoms. The van der Waals surface area contributed by atoms with Crippen LogP contribution in [0.15, 0.2) is 18.2 Å². The summed E-state index contributed by atoms with van der Waals surface area (Å²) in [6.07, 6.45) is 2.56. The van der Waals surface area contributed by atoms with Gasteiger partial charge in [0.2, 0.25) is 5.91 Å². The van der Waals surface area contributed by atoms with Crippen molar-refractivity contribution in [2.45, 2.75) is 38.3 Å². The number of halogens is 1. The van der Waals surface area contributed by atoms with E-state index in [2.05, 4.69) is 5.32 Å². The van der Waals surface area contributed by atoms with E-state index in [1.54, 1.807) is 17.0 Å². The summed E-state index contributed by atoms with van der Waals surface area (Å²) in [7, 11) is 0. The predicted octanol–water partition coefficient (Wildman–Crippen LogP) is 2.15. The first kappa shape index (κ1) is 14.8. The summed E-state index contributed by atoms with van der Waals surface area (Å²) >= 11 is 0. The molecule has 2 amide bonds. The Labute approximate surface area is 128 Å². The second kappa shape index (κ2) is 5.94. The molecule has 1 aliphatic carbocycles. The monoisotopic (exact) mass is 306 g/mol. The molecule has 1 fully saturated rings. The zero-order valence-electron chi connectivity index (χ0n) is 12.2. The van der Waals surface area contributed by atoms with Gasteiger partial charge in [-0.15, -0.1) is 0 Å². The highest BCUT2D eigenvalue weighted by atomic mass is 19.1. The summed E-state index contributed by atoms with van der Waals surface area (Å²) < 4.78 is 13.4. The van der Waals surface area contributed by atoms with Crippen LogP contribution in [0.4, 0.5) is 9.18 Å². The molecule has 6 heteroatoms. The number of hydrogen-bond acceptors (Lipinski definition) is 2. The summed E-state index contributed by atoms with van der Waals surface area (Å²) in [4.78, 5) is 24.8. The molecule has 0 radical (unpaired) electrons. The minimum absolute atomic E-state index is 0.124. The van der Waals surface area contributed by atoms with Crippen molar-refractivity contribution in [3.63, 3.8) is 0 Å². The average Bonchev–Trinajstić information content (AvgIpc) is 3.29. The summed E-state index contributed by atoms with van der Waals surface area (Å²) in [5, 5.41) is 10.8. The van der Waals surface area contributed by atoms with E-state index in [9.17, 15) is 14.0 Å². The maximum atomic E-state index is 13.4. The number of hydrogen-bond donors (Lipinski definition) is 2. The van der Waals surface area contributed by atoms with Crippen LogP contribution in [-0.2, 0) is 17.8 Å². The van der Waals surface area contributed by atoms with Gasteiger partial charge in [0.25, 0.3) is 0 Å². The molecule has 1 aromatic rings. The summed E-state index contributed by atoms with van der Waals surface area (Å²) in [6.45, 7) is 0.214. The van der Waals surface area contributed by atoms with Crippen molar-refractivity contribution in [2.24, 2.45) is 5.92 Å². The van der Waals surface area contributed by atoms with Gasteiger partial charge >= 0.3 is 6.09 Å². The van der Waals surface area contributed by atoms with Gasteiger partial charge in [-0.05, 0) is 54.9 Å². The average molecular weight is 306 g/mol. The molecule has 0 bridgehead atoms. The quantitative estimate of drug-likeness (QED) is 0.899. The van der Waals surface area contributed by atoms with Crippen LogP contribution in [0.3, 0.4) is 0 Å². The Morgan fingerprint density at radius 1 is 1.27 bits per heavy atom. The molecule has 3 rings (SSSR count). The molecule has 0 spiro atoms. The van der Waals surface area contributed by atoms with E-state index in [1.165, 1.54) is 6.07 Å². The molecule has 5 nitrogen and oxygen atoms in total. The fraction of sp³-hybridized carbons (Fsp3) is 0.500. The Morgan fingerprint density at radius 3 is 2.73 bits per heavy atom.